The number of hydrogen-bond donors (Lipinski definition) is 1. The molecule has 0 unspecified atom stereocenters. The van der Waals surface area contributed by atoms with E-state index < -0.39 is 0 Å². The first kappa shape index (κ1) is 15.6. The van der Waals surface area contributed by atoms with E-state index in [1.807, 2.05) is 17.5 Å². The maximum absolute atomic E-state index is 5.03. The monoisotopic (exact) mass is 270 g/mol. The maximum Gasteiger partial charge on any atom is 0.0981 e. The molecule has 1 heterocycles. The Morgan fingerprint density at radius 2 is 2.06 bits per heavy atom. The number of nitrogens with zero attached hydrogens (tertiary/aromatic N) is 1. The van der Waals surface area contributed by atoms with Crippen molar-refractivity contribution < 1.29 is 4.74 Å². The molecule has 1 aromatic heterocycles. The average molecular weight is 270 g/mol. The minimum Gasteiger partial charge on any atom is -0.385 e. The van der Waals surface area contributed by atoms with Gasteiger partial charge in [0.2, 0.25) is 0 Å². The standard InChI is InChI=1S/C14H26N2OS/c1-14(2,3)13-16-11-12(18-13)10-15-8-6-5-7-9-17-4/h11,15H,5-10H2,1-4H3. The van der Waals surface area contributed by atoms with Crippen LogP contribution in [0.2, 0.25) is 0 Å². The normalized spacial score (nSPS) is 12.0. The molecule has 0 bridgehead atoms. The first-order valence-electron chi connectivity index (χ1n) is 6.69. The fraction of sp³-hybridized carbons (Fsp3) is 0.786. The van der Waals surface area contributed by atoms with Crippen LogP contribution in [0.1, 0.15) is 49.9 Å². The highest BCUT2D eigenvalue weighted by Gasteiger charge is 2.17. The summed E-state index contributed by atoms with van der Waals surface area (Å²) in [6.07, 6.45) is 5.61. The zero-order chi connectivity index (χ0) is 13.4. The second-order valence-corrected chi connectivity index (χ2v) is 6.73. The predicted octanol–water partition coefficient (Wildman–Crippen LogP) is 3.35. The van der Waals surface area contributed by atoms with Gasteiger partial charge >= 0.3 is 0 Å². The molecule has 3 nitrogen and oxygen atoms in total. The van der Waals surface area contributed by atoms with Crippen LogP contribution in [-0.4, -0.2) is 25.2 Å². The summed E-state index contributed by atoms with van der Waals surface area (Å²) in [7, 11) is 1.76. The van der Waals surface area contributed by atoms with E-state index in [0.29, 0.717) is 0 Å². The average Bonchev–Trinajstić information content (AvgIpc) is 2.76. The van der Waals surface area contributed by atoms with Gasteiger partial charge in [0.05, 0.1) is 5.01 Å². The third-order valence-electron chi connectivity index (χ3n) is 2.70. The summed E-state index contributed by atoms with van der Waals surface area (Å²) >= 11 is 1.82. The van der Waals surface area contributed by atoms with E-state index in [1.165, 1.54) is 22.7 Å². The molecular formula is C14H26N2OS. The van der Waals surface area contributed by atoms with E-state index in [0.717, 1.165) is 26.1 Å². The van der Waals surface area contributed by atoms with Gasteiger partial charge in [-0.2, -0.15) is 0 Å². The molecule has 1 aromatic rings. The molecule has 0 amide bonds. The highest BCUT2D eigenvalue weighted by atomic mass is 32.1. The predicted molar refractivity (Wildman–Crippen MR) is 78.2 cm³/mol. The molecule has 0 saturated carbocycles. The SMILES string of the molecule is COCCCCCNCc1cnc(C(C)(C)C)s1. The topological polar surface area (TPSA) is 34.1 Å². The summed E-state index contributed by atoms with van der Waals surface area (Å²) in [4.78, 5) is 5.82. The van der Waals surface area contributed by atoms with E-state index in [9.17, 15) is 0 Å². The molecule has 104 valence electrons. The third-order valence-corrected chi connectivity index (χ3v) is 4.12. The van der Waals surface area contributed by atoms with Gasteiger partial charge in [-0.05, 0) is 25.8 Å². The second-order valence-electron chi connectivity index (χ2n) is 5.61. The summed E-state index contributed by atoms with van der Waals surface area (Å²) in [6, 6.07) is 0. The van der Waals surface area contributed by atoms with E-state index in [-0.39, 0.29) is 5.41 Å². The Morgan fingerprint density at radius 1 is 1.28 bits per heavy atom. The summed E-state index contributed by atoms with van der Waals surface area (Å²) < 4.78 is 5.03. The third kappa shape index (κ3) is 5.94. The van der Waals surface area contributed by atoms with Gasteiger partial charge in [0.25, 0.3) is 0 Å². The Kier molecular flexibility index (Phi) is 6.82. The largest absolute Gasteiger partial charge is 0.385 e. The maximum atomic E-state index is 5.03. The number of aromatic nitrogens is 1. The fourth-order valence-electron chi connectivity index (χ4n) is 1.62. The van der Waals surface area contributed by atoms with Crippen molar-refractivity contribution in [2.24, 2.45) is 0 Å². The van der Waals surface area contributed by atoms with Gasteiger partial charge in [-0.3, -0.25) is 0 Å². The number of unbranched alkanes of at least 4 members (excludes halogenated alkanes) is 2. The minimum absolute atomic E-state index is 0.170. The number of ether oxygens (including phenoxy) is 1. The van der Waals surface area contributed by atoms with Gasteiger partial charge in [-0.25, -0.2) is 4.98 Å². The molecule has 0 atom stereocenters. The molecule has 0 radical (unpaired) electrons. The number of hydrogen-bond acceptors (Lipinski definition) is 4. The second kappa shape index (κ2) is 7.87. The number of methoxy groups -OCH3 is 1. The van der Waals surface area contributed by atoms with E-state index in [1.54, 1.807) is 7.11 Å². The smallest absolute Gasteiger partial charge is 0.0981 e. The van der Waals surface area contributed by atoms with Gasteiger partial charge in [-0.1, -0.05) is 20.8 Å². The highest BCUT2D eigenvalue weighted by Crippen LogP contribution is 2.26. The minimum atomic E-state index is 0.170. The summed E-state index contributed by atoms with van der Waals surface area (Å²) in [5.74, 6) is 0. The quantitative estimate of drug-likeness (QED) is 0.736. The van der Waals surface area contributed by atoms with E-state index in [4.69, 9.17) is 4.74 Å². The first-order chi connectivity index (χ1) is 8.54. The van der Waals surface area contributed by atoms with Crippen LogP contribution in [-0.2, 0) is 16.7 Å². The van der Waals surface area contributed by atoms with Gasteiger partial charge in [-0.15, -0.1) is 11.3 Å². The van der Waals surface area contributed by atoms with Crippen molar-refractivity contribution in [3.05, 3.63) is 16.1 Å². The van der Waals surface area contributed by atoms with Crippen LogP contribution >= 0.6 is 11.3 Å². The van der Waals surface area contributed by atoms with Crippen molar-refractivity contribution in [3.8, 4) is 0 Å². The van der Waals surface area contributed by atoms with Crippen LogP contribution in [0.3, 0.4) is 0 Å². The summed E-state index contributed by atoms with van der Waals surface area (Å²) in [5, 5.41) is 4.69. The molecule has 0 saturated heterocycles. The van der Waals surface area contributed by atoms with E-state index >= 15 is 0 Å². The molecule has 0 fully saturated rings. The van der Waals surface area contributed by atoms with Crippen LogP contribution in [0.4, 0.5) is 0 Å². The Bertz CT molecular complexity index is 331. The van der Waals surface area contributed by atoms with Gasteiger partial charge in [0.1, 0.15) is 0 Å². The zero-order valence-corrected chi connectivity index (χ0v) is 12.9. The number of rotatable bonds is 8. The van der Waals surface area contributed by atoms with Crippen molar-refractivity contribution in [1.29, 1.82) is 0 Å². The Hall–Kier alpha value is -0.450. The molecule has 0 aliphatic heterocycles. The summed E-state index contributed by atoms with van der Waals surface area (Å²) in [5.41, 5.74) is 0.170. The Morgan fingerprint density at radius 3 is 2.67 bits per heavy atom. The number of thiazole rings is 1. The van der Waals surface area contributed by atoms with Crippen molar-refractivity contribution >= 4 is 11.3 Å². The van der Waals surface area contributed by atoms with Crippen LogP contribution in [0, 0.1) is 0 Å². The van der Waals surface area contributed by atoms with Crippen LogP contribution in [0.5, 0.6) is 0 Å². The van der Waals surface area contributed by atoms with Gasteiger partial charge < -0.3 is 10.1 Å². The summed E-state index contributed by atoms with van der Waals surface area (Å²) in [6.45, 7) is 9.52. The molecule has 4 heteroatoms. The lowest BCUT2D eigenvalue weighted by atomic mass is 9.98. The van der Waals surface area contributed by atoms with Crippen molar-refractivity contribution in [2.75, 3.05) is 20.3 Å². The van der Waals surface area contributed by atoms with Gasteiger partial charge in [0, 0.05) is 36.8 Å². The van der Waals surface area contributed by atoms with Crippen molar-refractivity contribution in [2.45, 2.75) is 52.0 Å². The van der Waals surface area contributed by atoms with Crippen LogP contribution in [0.25, 0.3) is 0 Å². The molecule has 0 spiro atoms. The molecule has 18 heavy (non-hydrogen) atoms. The lowest BCUT2D eigenvalue weighted by Gasteiger charge is -2.13. The Balaban J connectivity index is 2.14. The Labute approximate surface area is 115 Å². The van der Waals surface area contributed by atoms with Crippen LogP contribution in [0.15, 0.2) is 6.20 Å². The zero-order valence-electron chi connectivity index (χ0n) is 12.1. The molecule has 0 aliphatic carbocycles. The molecule has 1 rings (SSSR count). The molecule has 0 aliphatic rings. The highest BCUT2D eigenvalue weighted by molar-refractivity contribution is 7.11. The molecular weight excluding hydrogens is 244 g/mol. The van der Waals surface area contributed by atoms with Crippen molar-refractivity contribution in [1.82, 2.24) is 10.3 Å². The fourth-order valence-corrected chi connectivity index (χ4v) is 2.56. The van der Waals surface area contributed by atoms with Crippen molar-refractivity contribution in [3.63, 3.8) is 0 Å². The van der Waals surface area contributed by atoms with Gasteiger partial charge in [0.15, 0.2) is 0 Å². The van der Waals surface area contributed by atoms with E-state index in [2.05, 4.69) is 31.1 Å². The van der Waals surface area contributed by atoms with Crippen LogP contribution < -0.4 is 5.32 Å². The number of nitrogens with one attached hydrogen (secondary N) is 1. The lowest BCUT2D eigenvalue weighted by molar-refractivity contribution is 0.192. The molecule has 0 aromatic carbocycles. The lowest BCUT2D eigenvalue weighted by Crippen LogP contribution is -2.14. The first-order valence-corrected chi connectivity index (χ1v) is 7.50. The molecule has 1 N–H and O–H groups in total.